The third kappa shape index (κ3) is 1.45. The maximum atomic E-state index is 13.6. The Morgan fingerprint density at radius 2 is 2.13 bits per heavy atom. The van der Waals surface area contributed by atoms with Gasteiger partial charge in [0.05, 0.1) is 5.60 Å². The molecule has 15 heavy (non-hydrogen) atoms. The molecule has 0 radical (unpaired) electrons. The summed E-state index contributed by atoms with van der Waals surface area (Å²) < 4.78 is 23.9. The molecule has 3 nitrogen and oxygen atoms in total. The summed E-state index contributed by atoms with van der Waals surface area (Å²) in [6.07, 6.45) is 1.78. The molecule has 0 aromatic heterocycles. The lowest BCUT2D eigenvalue weighted by Crippen LogP contribution is -2.12. The van der Waals surface area contributed by atoms with Crippen molar-refractivity contribution in [2.75, 3.05) is 6.79 Å². The van der Waals surface area contributed by atoms with E-state index in [1.54, 1.807) is 6.07 Å². The van der Waals surface area contributed by atoms with Gasteiger partial charge in [-0.3, -0.25) is 0 Å². The monoisotopic (exact) mass is 210 g/mol. The Balaban J connectivity index is 2.01. The Hall–Kier alpha value is -1.29. The zero-order valence-corrected chi connectivity index (χ0v) is 8.12. The van der Waals surface area contributed by atoms with Crippen LogP contribution < -0.4 is 9.47 Å². The van der Waals surface area contributed by atoms with Gasteiger partial charge in [0.2, 0.25) is 6.79 Å². The summed E-state index contributed by atoms with van der Waals surface area (Å²) in [5.41, 5.74) is -0.285. The highest BCUT2D eigenvalue weighted by Crippen LogP contribution is 2.44. The van der Waals surface area contributed by atoms with Crippen LogP contribution in [0.15, 0.2) is 12.1 Å². The molecule has 0 amide bonds. The van der Waals surface area contributed by atoms with Crippen LogP contribution in [-0.2, 0) is 6.42 Å². The van der Waals surface area contributed by atoms with Gasteiger partial charge in [-0.05, 0) is 25.0 Å². The smallest absolute Gasteiger partial charge is 0.231 e. The average molecular weight is 210 g/mol. The van der Waals surface area contributed by atoms with Crippen LogP contribution in [0, 0.1) is 5.82 Å². The van der Waals surface area contributed by atoms with Crippen LogP contribution in [-0.4, -0.2) is 17.5 Å². The van der Waals surface area contributed by atoms with Crippen LogP contribution >= 0.6 is 0 Å². The van der Waals surface area contributed by atoms with Crippen LogP contribution in [0.3, 0.4) is 0 Å². The number of aliphatic hydroxyl groups is 1. The number of halogens is 1. The molecular weight excluding hydrogens is 199 g/mol. The summed E-state index contributed by atoms with van der Waals surface area (Å²) in [5, 5.41) is 9.77. The van der Waals surface area contributed by atoms with Crippen LogP contribution in [0.1, 0.15) is 18.4 Å². The molecule has 4 heteroatoms. The molecule has 2 aliphatic rings. The molecule has 0 spiro atoms. The van der Waals surface area contributed by atoms with Crippen molar-refractivity contribution in [1.82, 2.24) is 0 Å². The quantitative estimate of drug-likeness (QED) is 0.806. The van der Waals surface area contributed by atoms with Gasteiger partial charge in [0.1, 0.15) is 5.82 Å². The number of hydrogen-bond donors (Lipinski definition) is 1. The maximum absolute atomic E-state index is 13.6. The number of ether oxygens (including phenoxy) is 2. The number of benzene rings is 1. The standard InChI is InChI=1S/C11H11FO3/c12-8-1-2-9-10(15-6-14-9)7(8)5-11(13)3-4-11/h1-2,13H,3-6H2. The predicted octanol–water partition coefficient (Wildman–Crippen LogP) is 1.62. The van der Waals surface area contributed by atoms with Crippen molar-refractivity contribution in [3.05, 3.63) is 23.5 Å². The first kappa shape index (κ1) is 8.97. The van der Waals surface area contributed by atoms with Gasteiger partial charge in [0.25, 0.3) is 0 Å². The number of rotatable bonds is 2. The summed E-state index contributed by atoms with van der Waals surface area (Å²) >= 11 is 0. The molecule has 1 N–H and O–H groups in total. The van der Waals surface area contributed by atoms with Crippen molar-refractivity contribution < 1.29 is 19.0 Å². The highest BCUT2D eigenvalue weighted by molar-refractivity contribution is 5.49. The first-order valence-electron chi connectivity index (χ1n) is 4.97. The molecule has 1 aliphatic heterocycles. The van der Waals surface area contributed by atoms with E-state index in [0.717, 1.165) is 12.8 Å². The largest absolute Gasteiger partial charge is 0.454 e. The highest BCUT2D eigenvalue weighted by atomic mass is 19.1. The zero-order valence-electron chi connectivity index (χ0n) is 8.12. The van der Waals surface area contributed by atoms with Gasteiger partial charge >= 0.3 is 0 Å². The second kappa shape index (κ2) is 2.85. The minimum atomic E-state index is -0.720. The van der Waals surface area contributed by atoms with Crippen molar-refractivity contribution >= 4 is 0 Å². The molecule has 80 valence electrons. The first-order valence-corrected chi connectivity index (χ1v) is 4.97. The van der Waals surface area contributed by atoms with E-state index in [-0.39, 0.29) is 12.6 Å². The molecule has 1 heterocycles. The average Bonchev–Trinajstić information content (AvgIpc) is 2.78. The van der Waals surface area contributed by atoms with E-state index in [4.69, 9.17) is 9.47 Å². The van der Waals surface area contributed by atoms with E-state index < -0.39 is 5.60 Å². The minimum Gasteiger partial charge on any atom is -0.454 e. The van der Waals surface area contributed by atoms with Crippen molar-refractivity contribution in [1.29, 1.82) is 0 Å². The predicted molar refractivity (Wildman–Crippen MR) is 50.4 cm³/mol. The molecule has 0 bridgehead atoms. The second-order valence-corrected chi connectivity index (χ2v) is 4.16. The summed E-state index contributed by atoms with van der Waals surface area (Å²) in [5.74, 6) is 0.686. The molecular formula is C11H11FO3. The van der Waals surface area contributed by atoms with E-state index in [1.807, 2.05) is 0 Å². The van der Waals surface area contributed by atoms with Gasteiger partial charge in [-0.25, -0.2) is 4.39 Å². The molecule has 1 aliphatic carbocycles. The van der Waals surface area contributed by atoms with E-state index in [9.17, 15) is 9.50 Å². The second-order valence-electron chi connectivity index (χ2n) is 4.16. The van der Waals surface area contributed by atoms with Crippen LogP contribution in [0.25, 0.3) is 0 Å². The van der Waals surface area contributed by atoms with E-state index in [0.29, 0.717) is 23.5 Å². The summed E-state index contributed by atoms with van der Waals surface area (Å²) in [4.78, 5) is 0. The van der Waals surface area contributed by atoms with E-state index in [2.05, 4.69) is 0 Å². The fraction of sp³-hybridized carbons (Fsp3) is 0.455. The minimum absolute atomic E-state index is 0.129. The Morgan fingerprint density at radius 3 is 2.87 bits per heavy atom. The van der Waals surface area contributed by atoms with Gasteiger partial charge in [0.15, 0.2) is 11.5 Å². The first-order chi connectivity index (χ1) is 7.18. The SMILES string of the molecule is OC1(Cc2c(F)ccc3c2OCO3)CC1. The van der Waals surface area contributed by atoms with Crippen LogP contribution in [0.2, 0.25) is 0 Å². The van der Waals surface area contributed by atoms with Crippen molar-refractivity contribution in [2.45, 2.75) is 24.9 Å². The van der Waals surface area contributed by atoms with Crippen LogP contribution in [0.5, 0.6) is 11.5 Å². The Bertz CT molecular complexity index is 413. The zero-order chi connectivity index (χ0) is 10.5. The molecule has 1 fully saturated rings. The number of hydrogen-bond acceptors (Lipinski definition) is 3. The molecule has 3 rings (SSSR count). The molecule has 0 atom stereocenters. The van der Waals surface area contributed by atoms with E-state index in [1.165, 1.54) is 6.07 Å². The fourth-order valence-corrected chi connectivity index (χ4v) is 1.82. The summed E-state index contributed by atoms with van der Waals surface area (Å²) in [6.45, 7) is 0.129. The van der Waals surface area contributed by atoms with Crippen LogP contribution in [0.4, 0.5) is 4.39 Å². The Kier molecular flexibility index (Phi) is 1.71. The fourth-order valence-electron chi connectivity index (χ4n) is 1.82. The highest BCUT2D eigenvalue weighted by Gasteiger charge is 2.42. The third-order valence-electron chi connectivity index (χ3n) is 2.92. The molecule has 0 unspecified atom stereocenters. The summed E-state index contributed by atoms with van der Waals surface area (Å²) in [6, 6.07) is 2.91. The van der Waals surface area contributed by atoms with Gasteiger partial charge in [-0.2, -0.15) is 0 Å². The normalized spacial score (nSPS) is 20.4. The van der Waals surface area contributed by atoms with Gasteiger partial charge in [0, 0.05) is 12.0 Å². The lowest BCUT2D eigenvalue weighted by Gasteiger charge is -2.10. The topological polar surface area (TPSA) is 38.7 Å². The van der Waals surface area contributed by atoms with Gasteiger partial charge in [-0.15, -0.1) is 0 Å². The van der Waals surface area contributed by atoms with Crippen molar-refractivity contribution in [3.63, 3.8) is 0 Å². The summed E-state index contributed by atoms with van der Waals surface area (Å²) in [7, 11) is 0. The molecule has 1 saturated carbocycles. The Morgan fingerprint density at radius 1 is 1.33 bits per heavy atom. The van der Waals surface area contributed by atoms with Gasteiger partial charge in [-0.1, -0.05) is 0 Å². The third-order valence-corrected chi connectivity index (χ3v) is 2.92. The molecule has 0 saturated heterocycles. The maximum Gasteiger partial charge on any atom is 0.231 e. The molecule has 1 aromatic rings. The lowest BCUT2D eigenvalue weighted by atomic mass is 10.0. The Labute approximate surface area is 86.4 Å². The molecule has 1 aromatic carbocycles. The van der Waals surface area contributed by atoms with E-state index >= 15 is 0 Å². The lowest BCUT2D eigenvalue weighted by molar-refractivity contribution is 0.145. The van der Waals surface area contributed by atoms with Crippen molar-refractivity contribution in [2.24, 2.45) is 0 Å². The van der Waals surface area contributed by atoms with Gasteiger partial charge < -0.3 is 14.6 Å². The van der Waals surface area contributed by atoms with Crippen molar-refractivity contribution in [3.8, 4) is 11.5 Å². The number of fused-ring (bicyclic) bond motifs is 1.